The molecule has 8 nitrogen and oxygen atoms in total. The number of ether oxygens (including phenoxy) is 3. The summed E-state index contributed by atoms with van der Waals surface area (Å²) in [6.07, 6.45) is 0.685. The van der Waals surface area contributed by atoms with Crippen LogP contribution in [0.5, 0.6) is 17.2 Å². The highest BCUT2D eigenvalue weighted by Crippen LogP contribution is 2.30. The van der Waals surface area contributed by atoms with E-state index in [-0.39, 0.29) is 13.2 Å². The first-order valence-electron chi connectivity index (χ1n) is 8.28. The number of hydrazone groups is 1. The number of para-hydroxylation sites is 2. The number of benzene rings is 2. The van der Waals surface area contributed by atoms with Crippen molar-refractivity contribution in [3.05, 3.63) is 54.1 Å². The molecule has 0 spiro atoms. The van der Waals surface area contributed by atoms with Gasteiger partial charge in [0.15, 0.2) is 11.5 Å². The summed E-state index contributed by atoms with van der Waals surface area (Å²) < 4.78 is 16.1. The van der Waals surface area contributed by atoms with Gasteiger partial charge in [-0.15, -0.1) is 0 Å². The maximum Gasteiger partial charge on any atom is 0.265 e. The van der Waals surface area contributed by atoms with Gasteiger partial charge in [0.1, 0.15) is 12.4 Å². The zero-order valence-corrected chi connectivity index (χ0v) is 14.7. The minimum atomic E-state index is -0.810. The minimum Gasteiger partial charge on any atom is -0.497 e. The van der Waals surface area contributed by atoms with E-state index in [0.717, 1.165) is 11.3 Å². The molecule has 140 valence electrons. The maximum absolute atomic E-state index is 12.1. The summed E-state index contributed by atoms with van der Waals surface area (Å²) in [5.74, 6) is 0.934. The van der Waals surface area contributed by atoms with E-state index in [2.05, 4.69) is 15.8 Å². The second-order valence-electron chi connectivity index (χ2n) is 5.65. The topological polar surface area (TPSA) is 98.2 Å². The van der Waals surface area contributed by atoms with E-state index in [1.807, 2.05) is 6.07 Å². The number of hydrogen-bond donors (Lipinski definition) is 2. The van der Waals surface area contributed by atoms with E-state index in [9.17, 15) is 9.59 Å². The molecular weight excluding hydrogens is 350 g/mol. The lowest BCUT2D eigenvalue weighted by molar-refractivity contribution is -0.132. The zero-order chi connectivity index (χ0) is 19.1. The predicted molar refractivity (Wildman–Crippen MR) is 98.1 cm³/mol. The molecule has 27 heavy (non-hydrogen) atoms. The molecule has 0 saturated carbocycles. The molecule has 1 aliphatic rings. The number of methoxy groups -OCH3 is 1. The van der Waals surface area contributed by atoms with Crippen molar-refractivity contribution in [1.82, 2.24) is 10.7 Å². The highest BCUT2D eigenvalue weighted by Gasteiger charge is 2.27. The number of hydrogen-bond acceptors (Lipinski definition) is 6. The van der Waals surface area contributed by atoms with Gasteiger partial charge < -0.3 is 19.5 Å². The van der Waals surface area contributed by atoms with Gasteiger partial charge in [0.2, 0.25) is 6.10 Å². The normalized spacial score (nSPS) is 15.2. The van der Waals surface area contributed by atoms with Crippen molar-refractivity contribution in [3.8, 4) is 17.2 Å². The molecule has 2 aromatic rings. The molecule has 8 heteroatoms. The van der Waals surface area contributed by atoms with Crippen molar-refractivity contribution in [2.75, 3.05) is 20.3 Å². The van der Waals surface area contributed by atoms with E-state index in [1.54, 1.807) is 49.6 Å². The number of amides is 2. The highest BCUT2D eigenvalue weighted by molar-refractivity contribution is 5.88. The van der Waals surface area contributed by atoms with Gasteiger partial charge in [-0.2, -0.15) is 5.10 Å². The number of rotatable bonds is 6. The number of nitrogens with one attached hydrogen (secondary N) is 2. The van der Waals surface area contributed by atoms with Gasteiger partial charge in [-0.1, -0.05) is 12.1 Å². The fourth-order valence-corrected chi connectivity index (χ4v) is 2.34. The van der Waals surface area contributed by atoms with Crippen molar-refractivity contribution in [1.29, 1.82) is 0 Å². The van der Waals surface area contributed by atoms with Crippen molar-refractivity contribution in [3.63, 3.8) is 0 Å². The molecule has 0 fully saturated rings. The molecule has 2 aromatic carbocycles. The van der Waals surface area contributed by atoms with E-state index in [0.29, 0.717) is 11.5 Å². The lowest BCUT2D eigenvalue weighted by Gasteiger charge is -2.25. The van der Waals surface area contributed by atoms with E-state index in [1.165, 1.54) is 6.21 Å². The van der Waals surface area contributed by atoms with Crippen molar-refractivity contribution >= 4 is 18.0 Å². The Morgan fingerprint density at radius 1 is 1.19 bits per heavy atom. The Morgan fingerprint density at radius 2 is 1.93 bits per heavy atom. The van der Waals surface area contributed by atoms with E-state index in [4.69, 9.17) is 14.2 Å². The molecule has 1 atom stereocenters. The van der Waals surface area contributed by atoms with Crippen LogP contribution in [0.1, 0.15) is 5.56 Å². The Kier molecular flexibility index (Phi) is 5.88. The third-order valence-corrected chi connectivity index (χ3v) is 3.74. The van der Waals surface area contributed by atoms with E-state index < -0.39 is 17.9 Å². The standard InChI is InChI=1S/C19H19N3O5/c1-25-14-8-6-13(7-9-14)10-21-22-18(23)11-20-19(24)17-12-26-15-4-2-3-5-16(15)27-17/h2-10,17H,11-12H2,1H3,(H,20,24)(H,22,23)/b21-10-/t17-/m0/s1. The van der Waals surface area contributed by atoms with Gasteiger partial charge in [-0.25, -0.2) is 5.43 Å². The molecule has 0 unspecified atom stereocenters. The number of carbonyl (C=O) groups is 2. The molecule has 0 bridgehead atoms. The second-order valence-corrected chi connectivity index (χ2v) is 5.65. The maximum atomic E-state index is 12.1. The molecule has 0 radical (unpaired) electrons. The second kappa shape index (κ2) is 8.70. The molecule has 0 aromatic heterocycles. The minimum absolute atomic E-state index is 0.0834. The average molecular weight is 369 g/mol. The molecule has 0 aliphatic carbocycles. The summed E-state index contributed by atoms with van der Waals surface area (Å²) in [5.41, 5.74) is 3.14. The lowest BCUT2D eigenvalue weighted by Crippen LogP contribution is -2.46. The van der Waals surface area contributed by atoms with Crippen LogP contribution in [-0.2, 0) is 9.59 Å². The molecule has 2 N–H and O–H groups in total. The first kappa shape index (κ1) is 18.2. The number of fused-ring (bicyclic) bond motifs is 1. The van der Waals surface area contributed by atoms with Crippen LogP contribution in [0.25, 0.3) is 0 Å². The Morgan fingerprint density at radius 3 is 2.67 bits per heavy atom. The summed E-state index contributed by atoms with van der Waals surface area (Å²) in [5, 5.41) is 6.34. The first-order valence-corrected chi connectivity index (χ1v) is 8.28. The lowest BCUT2D eigenvalue weighted by atomic mass is 10.2. The monoisotopic (exact) mass is 369 g/mol. The van der Waals surface area contributed by atoms with Crippen molar-refractivity contribution < 1.29 is 23.8 Å². The summed E-state index contributed by atoms with van der Waals surface area (Å²) in [4.78, 5) is 23.9. The van der Waals surface area contributed by atoms with Crippen molar-refractivity contribution in [2.24, 2.45) is 5.10 Å². The highest BCUT2D eigenvalue weighted by atomic mass is 16.6. The predicted octanol–water partition coefficient (Wildman–Crippen LogP) is 1.10. The van der Waals surface area contributed by atoms with E-state index >= 15 is 0 Å². The van der Waals surface area contributed by atoms with Gasteiger partial charge in [0.25, 0.3) is 11.8 Å². The molecule has 3 rings (SSSR count). The number of nitrogens with zero attached hydrogens (tertiary/aromatic N) is 1. The van der Waals surface area contributed by atoms with Gasteiger partial charge >= 0.3 is 0 Å². The summed E-state index contributed by atoms with van der Waals surface area (Å²) in [6, 6.07) is 14.3. The largest absolute Gasteiger partial charge is 0.497 e. The van der Waals surface area contributed by atoms with Crippen LogP contribution in [0.4, 0.5) is 0 Å². The fourth-order valence-electron chi connectivity index (χ4n) is 2.34. The van der Waals surface area contributed by atoms with Gasteiger partial charge in [-0.05, 0) is 42.0 Å². The van der Waals surface area contributed by atoms with Crippen molar-refractivity contribution in [2.45, 2.75) is 6.10 Å². The van der Waals surface area contributed by atoms with Gasteiger partial charge in [0, 0.05) is 0 Å². The molecular formula is C19H19N3O5. The molecule has 1 heterocycles. The van der Waals surface area contributed by atoms with Crippen LogP contribution in [0.15, 0.2) is 53.6 Å². The number of carbonyl (C=O) groups excluding carboxylic acids is 2. The van der Waals surface area contributed by atoms with Crippen LogP contribution in [-0.4, -0.2) is 44.4 Å². The smallest absolute Gasteiger partial charge is 0.265 e. The fraction of sp³-hybridized carbons (Fsp3) is 0.211. The molecule has 1 aliphatic heterocycles. The van der Waals surface area contributed by atoms with Crippen LogP contribution in [0, 0.1) is 0 Å². The molecule has 2 amide bonds. The zero-order valence-electron chi connectivity index (χ0n) is 14.7. The summed E-state index contributed by atoms with van der Waals surface area (Å²) in [7, 11) is 1.58. The Labute approximate surface area is 156 Å². The Hall–Kier alpha value is -3.55. The van der Waals surface area contributed by atoms with Gasteiger partial charge in [0.05, 0.1) is 19.9 Å². The van der Waals surface area contributed by atoms with Crippen LogP contribution in [0.3, 0.4) is 0 Å². The molecule has 0 saturated heterocycles. The summed E-state index contributed by atoms with van der Waals surface area (Å²) in [6.45, 7) is -0.139. The van der Waals surface area contributed by atoms with Gasteiger partial charge in [-0.3, -0.25) is 9.59 Å². The third kappa shape index (κ3) is 4.97. The van der Waals surface area contributed by atoms with Crippen LogP contribution < -0.4 is 25.0 Å². The average Bonchev–Trinajstić information content (AvgIpc) is 2.72. The van der Waals surface area contributed by atoms with Crippen LogP contribution >= 0.6 is 0 Å². The van der Waals surface area contributed by atoms with Crippen LogP contribution in [0.2, 0.25) is 0 Å². The first-order chi connectivity index (χ1) is 13.2. The third-order valence-electron chi connectivity index (χ3n) is 3.74. The Balaban J connectivity index is 1.42. The quantitative estimate of drug-likeness (QED) is 0.587. The summed E-state index contributed by atoms with van der Waals surface area (Å²) >= 11 is 0. The SMILES string of the molecule is COc1ccc(/C=N\NC(=O)CNC(=O)[C@@H]2COc3ccccc3O2)cc1. The Bertz CT molecular complexity index is 835.